The topological polar surface area (TPSA) is 79.8 Å². The number of ether oxygens (including phenoxy) is 2. The lowest BCUT2D eigenvalue weighted by molar-refractivity contribution is 0.205. The largest absolute Gasteiger partial charge is 0.497 e. The first-order chi connectivity index (χ1) is 17.9. The molecule has 194 valence electrons. The number of piperidine rings is 1. The predicted octanol–water partition coefficient (Wildman–Crippen LogP) is 5.38. The van der Waals surface area contributed by atoms with Gasteiger partial charge in [-0.2, -0.15) is 4.98 Å². The van der Waals surface area contributed by atoms with E-state index in [-0.39, 0.29) is 24.2 Å². The average molecular weight is 510 g/mol. The number of amides is 2. The van der Waals surface area contributed by atoms with E-state index in [1.165, 1.54) is 6.07 Å². The van der Waals surface area contributed by atoms with Gasteiger partial charge in [-0.05, 0) is 43.0 Å². The van der Waals surface area contributed by atoms with Crippen LogP contribution in [0.3, 0.4) is 0 Å². The van der Waals surface area contributed by atoms with Gasteiger partial charge in [0.1, 0.15) is 11.5 Å². The number of hydrogen-bond acceptors (Lipinski definition) is 6. The van der Waals surface area contributed by atoms with Crippen LogP contribution in [0.25, 0.3) is 0 Å². The summed E-state index contributed by atoms with van der Waals surface area (Å²) in [6.07, 6.45) is 2.59. The number of urea groups is 1. The molecule has 0 atom stereocenters. The van der Waals surface area contributed by atoms with Crippen molar-refractivity contribution >= 4 is 17.7 Å². The van der Waals surface area contributed by atoms with Gasteiger partial charge in [0.05, 0.1) is 24.9 Å². The molecule has 1 aromatic heterocycles. The predicted molar refractivity (Wildman–Crippen MR) is 135 cm³/mol. The minimum atomic E-state index is -1.01. The molecule has 1 N–H and O–H groups in total. The zero-order valence-electron chi connectivity index (χ0n) is 20.8. The maximum Gasteiger partial charge on any atom is 0.322 e. The van der Waals surface area contributed by atoms with E-state index in [1.54, 1.807) is 36.3 Å². The van der Waals surface area contributed by atoms with Crippen molar-refractivity contribution in [3.8, 4) is 17.4 Å². The standard InChI is InChI=1S/C27H29F2N5O3/c1-17-8-11-33(12-9-17)26-31-24-10-13-34(27(35)30-18-4-3-5-19(14-18)36-2)16-21(24)25(32-26)37-20-6-7-22(28)23(29)15-20/h3-7,14-15,17H,8-13,16H2,1-2H3,(H,30,35). The Labute approximate surface area is 214 Å². The SMILES string of the molecule is COc1cccc(NC(=O)N2CCc3nc(N4CCC(C)CC4)nc(Oc4ccc(F)c(F)c4)c3C2)c1. The van der Waals surface area contributed by atoms with Gasteiger partial charge in [-0.3, -0.25) is 0 Å². The van der Waals surface area contributed by atoms with Crippen molar-refractivity contribution < 1.29 is 23.0 Å². The minimum Gasteiger partial charge on any atom is -0.497 e. The molecule has 2 aliphatic heterocycles. The summed E-state index contributed by atoms with van der Waals surface area (Å²) in [5.41, 5.74) is 2.04. The first-order valence-corrected chi connectivity index (χ1v) is 12.4. The molecule has 0 saturated carbocycles. The second-order valence-electron chi connectivity index (χ2n) is 9.44. The third-order valence-electron chi connectivity index (χ3n) is 6.79. The smallest absolute Gasteiger partial charge is 0.322 e. The van der Waals surface area contributed by atoms with Crippen LogP contribution in [0.2, 0.25) is 0 Å². The highest BCUT2D eigenvalue weighted by atomic mass is 19.2. The molecule has 0 aliphatic carbocycles. The minimum absolute atomic E-state index is 0.121. The fourth-order valence-electron chi connectivity index (χ4n) is 4.53. The average Bonchev–Trinajstić information content (AvgIpc) is 2.91. The van der Waals surface area contributed by atoms with Crippen molar-refractivity contribution in [3.05, 3.63) is 65.4 Å². The molecule has 2 amide bonds. The summed E-state index contributed by atoms with van der Waals surface area (Å²) in [5, 5.41) is 2.89. The molecular weight excluding hydrogens is 480 g/mol. The van der Waals surface area contributed by atoms with Crippen LogP contribution in [0.15, 0.2) is 42.5 Å². The number of fused-ring (bicyclic) bond motifs is 1. The van der Waals surface area contributed by atoms with Gasteiger partial charge in [-0.25, -0.2) is 18.6 Å². The number of methoxy groups -OCH3 is 1. The quantitative estimate of drug-likeness (QED) is 0.497. The zero-order chi connectivity index (χ0) is 25.9. The fraction of sp³-hybridized carbons (Fsp3) is 0.370. The Morgan fingerprint density at radius 1 is 1.03 bits per heavy atom. The second-order valence-corrected chi connectivity index (χ2v) is 9.44. The molecule has 37 heavy (non-hydrogen) atoms. The zero-order valence-corrected chi connectivity index (χ0v) is 20.8. The molecule has 1 fully saturated rings. The molecule has 0 radical (unpaired) electrons. The van der Waals surface area contributed by atoms with Gasteiger partial charge >= 0.3 is 6.03 Å². The van der Waals surface area contributed by atoms with Crippen LogP contribution in [0.5, 0.6) is 17.4 Å². The summed E-state index contributed by atoms with van der Waals surface area (Å²) in [7, 11) is 1.57. The monoisotopic (exact) mass is 509 g/mol. The highest BCUT2D eigenvalue weighted by molar-refractivity contribution is 5.89. The Kier molecular flexibility index (Phi) is 7.07. The number of benzene rings is 2. The van der Waals surface area contributed by atoms with Crippen LogP contribution in [0.1, 0.15) is 31.0 Å². The summed E-state index contributed by atoms with van der Waals surface area (Å²) in [4.78, 5) is 26.3. The number of halogens is 2. The number of anilines is 2. The number of carbonyl (C=O) groups excluding carboxylic acids is 1. The third-order valence-corrected chi connectivity index (χ3v) is 6.79. The second kappa shape index (κ2) is 10.6. The molecule has 5 rings (SSSR count). The number of hydrogen-bond donors (Lipinski definition) is 1. The highest BCUT2D eigenvalue weighted by Crippen LogP contribution is 2.33. The van der Waals surface area contributed by atoms with E-state index >= 15 is 0 Å². The normalized spacial score (nSPS) is 15.8. The Morgan fingerprint density at radius 2 is 1.84 bits per heavy atom. The number of rotatable bonds is 5. The third kappa shape index (κ3) is 5.58. The van der Waals surface area contributed by atoms with E-state index in [9.17, 15) is 13.6 Å². The van der Waals surface area contributed by atoms with E-state index in [2.05, 4.69) is 22.1 Å². The van der Waals surface area contributed by atoms with Gasteiger partial charge in [0.2, 0.25) is 11.8 Å². The van der Waals surface area contributed by atoms with Crippen LogP contribution in [-0.4, -0.2) is 47.6 Å². The van der Waals surface area contributed by atoms with Crippen LogP contribution in [-0.2, 0) is 13.0 Å². The van der Waals surface area contributed by atoms with Crippen molar-refractivity contribution in [2.24, 2.45) is 5.92 Å². The van der Waals surface area contributed by atoms with Gasteiger partial charge in [0.25, 0.3) is 0 Å². The van der Waals surface area contributed by atoms with Crippen LogP contribution in [0, 0.1) is 17.6 Å². The number of carbonyl (C=O) groups is 1. The Morgan fingerprint density at radius 3 is 2.59 bits per heavy atom. The molecule has 8 nitrogen and oxygen atoms in total. The molecule has 3 aromatic rings. The lowest BCUT2D eigenvalue weighted by atomic mass is 9.99. The molecule has 0 bridgehead atoms. The Bertz CT molecular complexity index is 1300. The molecule has 10 heteroatoms. The van der Waals surface area contributed by atoms with Crippen molar-refractivity contribution in [3.63, 3.8) is 0 Å². The molecule has 1 saturated heterocycles. The van der Waals surface area contributed by atoms with E-state index in [4.69, 9.17) is 14.5 Å². The number of nitrogens with zero attached hydrogens (tertiary/aromatic N) is 4. The fourth-order valence-corrected chi connectivity index (χ4v) is 4.53. The van der Waals surface area contributed by atoms with Gasteiger partial charge in [0.15, 0.2) is 11.6 Å². The van der Waals surface area contributed by atoms with Crippen LogP contribution >= 0.6 is 0 Å². The van der Waals surface area contributed by atoms with Crippen LogP contribution < -0.4 is 19.7 Å². The summed E-state index contributed by atoms with van der Waals surface area (Å²) >= 11 is 0. The number of nitrogens with one attached hydrogen (secondary N) is 1. The molecule has 3 heterocycles. The summed E-state index contributed by atoms with van der Waals surface area (Å²) in [5.74, 6) is 0.225. The van der Waals surface area contributed by atoms with E-state index < -0.39 is 11.6 Å². The van der Waals surface area contributed by atoms with Gasteiger partial charge in [0, 0.05) is 43.9 Å². The van der Waals surface area contributed by atoms with Crippen molar-refractivity contribution in [1.29, 1.82) is 0 Å². The van der Waals surface area contributed by atoms with E-state index in [0.717, 1.165) is 43.8 Å². The van der Waals surface area contributed by atoms with Crippen molar-refractivity contribution in [1.82, 2.24) is 14.9 Å². The highest BCUT2D eigenvalue weighted by Gasteiger charge is 2.29. The summed E-state index contributed by atoms with van der Waals surface area (Å²) in [6, 6.07) is 10.2. The summed E-state index contributed by atoms with van der Waals surface area (Å²) < 4.78 is 38.6. The van der Waals surface area contributed by atoms with Gasteiger partial charge in [-0.15, -0.1) is 0 Å². The van der Waals surface area contributed by atoms with Crippen molar-refractivity contribution in [2.75, 3.05) is 37.0 Å². The lowest BCUT2D eigenvalue weighted by Crippen LogP contribution is -2.40. The first-order valence-electron chi connectivity index (χ1n) is 12.4. The lowest BCUT2D eigenvalue weighted by Gasteiger charge is -2.33. The maximum absolute atomic E-state index is 13.9. The first kappa shape index (κ1) is 24.7. The van der Waals surface area contributed by atoms with E-state index in [1.807, 2.05) is 0 Å². The Hall–Kier alpha value is -3.95. The molecule has 2 aliphatic rings. The molecule has 0 unspecified atom stereocenters. The maximum atomic E-state index is 13.9. The molecule has 2 aromatic carbocycles. The molecular formula is C27H29F2N5O3. The van der Waals surface area contributed by atoms with Crippen LogP contribution in [0.4, 0.5) is 25.2 Å². The van der Waals surface area contributed by atoms with Crippen molar-refractivity contribution in [2.45, 2.75) is 32.7 Å². The molecule has 0 spiro atoms. The summed E-state index contributed by atoms with van der Waals surface area (Å²) in [6.45, 7) is 4.56. The van der Waals surface area contributed by atoms with Gasteiger partial charge < -0.3 is 24.6 Å². The van der Waals surface area contributed by atoms with E-state index in [0.29, 0.717) is 41.8 Å². The Balaban J connectivity index is 1.42. The number of aromatic nitrogens is 2. The van der Waals surface area contributed by atoms with Gasteiger partial charge in [-0.1, -0.05) is 13.0 Å².